The Bertz CT molecular complexity index is 379. The molecule has 2 nitrogen and oxygen atoms in total. The van der Waals surface area contributed by atoms with Crippen LogP contribution in [0.4, 0.5) is 0 Å². The van der Waals surface area contributed by atoms with Crippen LogP contribution in [-0.2, 0) is 0 Å². The highest BCUT2D eigenvalue weighted by Gasteiger charge is 2.27. The van der Waals surface area contributed by atoms with Crippen LogP contribution in [0.3, 0.4) is 0 Å². The maximum absolute atomic E-state index is 5.53. The predicted molar refractivity (Wildman–Crippen MR) is 85.2 cm³/mol. The lowest BCUT2D eigenvalue weighted by molar-refractivity contribution is 0.224. The largest absolute Gasteiger partial charge is 0.494 e. The molecule has 1 atom stereocenters. The van der Waals surface area contributed by atoms with Gasteiger partial charge in [-0.3, -0.25) is 0 Å². The van der Waals surface area contributed by atoms with Crippen LogP contribution in [0, 0.1) is 11.8 Å². The van der Waals surface area contributed by atoms with Crippen LogP contribution in [-0.4, -0.2) is 13.7 Å². The Labute approximate surface area is 123 Å². The summed E-state index contributed by atoms with van der Waals surface area (Å²) < 4.78 is 5.53. The molecule has 1 aromatic rings. The normalized spacial score (nSPS) is 24.4. The number of nitrogens with one attached hydrogen (secondary N) is 1. The zero-order valence-corrected chi connectivity index (χ0v) is 13.2. The quantitative estimate of drug-likeness (QED) is 0.821. The summed E-state index contributed by atoms with van der Waals surface area (Å²) in [5, 5.41) is 3.53. The average molecular weight is 275 g/mol. The summed E-state index contributed by atoms with van der Waals surface area (Å²) in [7, 11) is 2.09. The van der Waals surface area contributed by atoms with Crippen molar-refractivity contribution in [2.75, 3.05) is 13.7 Å². The van der Waals surface area contributed by atoms with Crippen LogP contribution in [0.2, 0.25) is 0 Å². The van der Waals surface area contributed by atoms with Gasteiger partial charge >= 0.3 is 0 Å². The third-order valence-electron chi connectivity index (χ3n) is 4.80. The SMILES string of the molecule is CCOc1ccc(C(NC)C2CCC(CC)CC2)cc1. The van der Waals surface area contributed by atoms with Crippen LogP contribution >= 0.6 is 0 Å². The fraction of sp³-hybridized carbons (Fsp3) is 0.667. The van der Waals surface area contributed by atoms with Gasteiger partial charge in [0.25, 0.3) is 0 Å². The fourth-order valence-corrected chi connectivity index (χ4v) is 3.54. The van der Waals surface area contributed by atoms with Gasteiger partial charge in [0.2, 0.25) is 0 Å². The van der Waals surface area contributed by atoms with Crippen molar-refractivity contribution in [3.8, 4) is 5.75 Å². The Morgan fingerprint density at radius 2 is 1.75 bits per heavy atom. The van der Waals surface area contributed by atoms with Gasteiger partial charge in [-0.25, -0.2) is 0 Å². The lowest BCUT2D eigenvalue weighted by Gasteiger charge is -2.33. The standard InChI is InChI=1S/C18H29NO/c1-4-14-6-8-15(9-7-14)18(19-3)16-10-12-17(13-11-16)20-5-2/h10-15,18-19H,4-9H2,1-3H3. The molecule has 2 heteroatoms. The van der Waals surface area contributed by atoms with Gasteiger partial charge in [-0.05, 0) is 56.3 Å². The van der Waals surface area contributed by atoms with E-state index in [0.29, 0.717) is 6.04 Å². The number of ether oxygens (including phenoxy) is 1. The van der Waals surface area contributed by atoms with Gasteiger partial charge in [-0.1, -0.05) is 38.3 Å². The average Bonchev–Trinajstić information content (AvgIpc) is 2.51. The van der Waals surface area contributed by atoms with E-state index < -0.39 is 0 Å². The molecular weight excluding hydrogens is 246 g/mol. The topological polar surface area (TPSA) is 21.3 Å². The molecule has 1 aliphatic rings. The number of hydrogen-bond donors (Lipinski definition) is 1. The lowest BCUT2D eigenvalue weighted by atomic mass is 9.76. The highest BCUT2D eigenvalue weighted by Crippen LogP contribution is 2.38. The number of rotatable bonds is 6. The summed E-state index contributed by atoms with van der Waals surface area (Å²) in [5.41, 5.74) is 1.40. The van der Waals surface area contributed by atoms with E-state index in [9.17, 15) is 0 Å². The van der Waals surface area contributed by atoms with Crippen molar-refractivity contribution >= 4 is 0 Å². The minimum atomic E-state index is 0.489. The monoisotopic (exact) mass is 275 g/mol. The van der Waals surface area contributed by atoms with Crippen molar-refractivity contribution < 1.29 is 4.74 Å². The van der Waals surface area contributed by atoms with Gasteiger partial charge in [-0.15, -0.1) is 0 Å². The Kier molecular flexibility index (Phi) is 5.90. The minimum Gasteiger partial charge on any atom is -0.494 e. The summed E-state index contributed by atoms with van der Waals surface area (Å²) in [6.07, 6.45) is 6.86. The molecule has 0 radical (unpaired) electrons. The maximum atomic E-state index is 5.53. The third kappa shape index (κ3) is 3.76. The first kappa shape index (κ1) is 15.4. The molecule has 20 heavy (non-hydrogen) atoms. The van der Waals surface area contributed by atoms with Crippen LogP contribution in [0.5, 0.6) is 5.75 Å². The van der Waals surface area contributed by atoms with E-state index in [1.807, 2.05) is 6.92 Å². The number of benzene rings is 1. The van der Waals surface area contributed by atoms with E-state index in [1.54, 1.807) is 0 Å². The second kappa shape index (κ2) is 7.68. The Morgan fingerprint density at radius 3 is 2.25 bits per heavy atom. The highest BCUT2D eigenvalue weighted by atomic mass is 16.5. The van der Waals surface area contributed by atoms with Crippen LogP contribution in [0.15, 0.2) is 24.3 Å². The molecule has 112 valence electrons. The molecular formula is C18H29NO. The van der Waals surface area contributed by atoms with Crippen LogP contribution < -0.4 is 10.1 Å². The minimum absolute atomic E-state index is 0.489. The molecule has 0 aromatic heterocycles. The highest BCUT2D eigenvalue weighted by molar-refractivity contribution is 5.29. The summed E-state index contributed by atoms with van der Waals surface area (Å²) in [5.74, 6) is 2.71. The van der Waals surface area contributed by atoms with Gasteiger partial charge in [0, 0.05) is 6.04 Å². The molecule has 2 rings (SSSR count). The van der Waals surface area contributed by atoms with Gasteiger partial charge < -0.3 is 10.1 Å². The summed E-state index contributed by atoms with van der Waals surface area (Å²) in [6, 6.07) is 9.13. The first-order valence-corrected chi connectivity index (χ1v) is 8.18. The van der Waals surface area contributed by atoms with E-state index in [1.165, 1.54) is 37.7 Å². The molecule has 1 N–H and O–H groups in total. The maximum Gasteiger partial charge on any atom is 0.119 e. The number of hydrogen-bond acceptors (Lipinski definition) is 2. The lowest BCUT2D eigenvalue weighted by Crippen LogP contribution is -2.28. The summed E-state index contributed by atoms with van der Waals surface area (Å²) in [4.78, 5) is 0. The molecule has 0 aliphatic heterocycles. The molecule has 1 saturated carbocycles. The van der Waals surface area contributed by atoms with Gasteiger partial charge in [0.15, 0.2) is 0 Å². The van der Waals surface area contributed by atoms with E-state index in [0.717, 1.165) is 24.2 Å². The van der Waals surface area contributed by atoms with E-state index in [4.69, 9.17) is 4.74 Å². The zero-order valence-electron chi connectivity index (χ0n) is 13.2. The van der Waals surface area contributed by atoms with Crippen molar-refractivity contribution in [1.82, 2.24) is 5.32 Å². The van der Waals surface area contributed by atoms with Crippen molar-refractivity contribution in [1.29, 1.82) is 0 Å². The van der Waals surface area contributed by atoms with Crippen LogP contribution in [0.1, 0.15) is 57.6 Å². The van der Waals surface area contributed by atoms with E-state index in [2.05, 4.69) is 43.6 Å². The smallest absolute Gasteiger partial charge is 0.119 e. The molecule has 0 amide bonds. The van der Waals surface area contributed by atoms with E-state index in [-0.39, 0.29) is 0 Å². The first-order chi connectivity index (χ1) is 9.78. The first-order valence-electron chi connectivity index (χ1n) is 8.18. The molecule has 0 spiro atoms. The Morgan fingerprint density at radius 1 is 1.10 bits per heavy atom. The van der Waals surface area contributed by atoms with Crippen molar-refractivity contribution in [3.05, 3.63) is 29.8 Å². The molecule has 0 saturated heterocycles. The van der Waals surface area contributed by atoms with Gasteiger partial charge in [0.05, 0.1) is 6.61 Å². The van der Waals surface area contributed by atoms with E-state index >= 15 is 0 Å². The second-order valence-electron chi connectivity index (χ2n) is 5.96. The molecule has 1 unspecified atom stereocenters. The molecule has 0 bridgehead atoms. The van der Waals surface area contributed by atoms with Crippen molar-refractivity contribution in [2.45, 2.75) is 52.0 Å². The second-order valence-corrected chi connectivity index (χ2v) is 5.96. The summed E-state index contributed by atoms with van der Waals surface area (Å²) in [6.45, 7) is 5.08. The molecule has 1 aromatic carbocycles. The fourth-order valence-electron chi connectivity index (χ4n) is 3.54. The molecule has 1 aliphatic carbocycles. The zero-order chi connectivity index (χ0) is 14.4. The van der Waals surface area contributed by atoms with Gasteiger partial charge in [0.1, 0.15) is 5.75 Å². The van der Waals surface area contributed by atoms with Crippen LogP contribution in [0.25, 0.3) is 0 Å². The van der Waals surface area contributed by atoms with Gasteiger partial charge in [-0.2, -0.15) is 0 Å². The predicted octanol–water partition coefficient (Wildman–Crippen LogP) is 4.56. The Hall–Kier alpha value is -1.02. The summed E-state index contributed by atoms with van der Waals surface area (Å²) >= 11 is 0. The Balaban J connectivity index is 2.00. The third-order valence-corrected chi connectivity index (χ3v) is 4.80. The molecule has 0 heterocycles. The van der Waals surface area contributed by atoms with Crippen molar-refractivity contribution in [2.24, 2.45) is 11.8 Å². The molecule has 1 fully saturated rings. The van der Waals surface area contributed by atoms with Crippen molar-refractivity contribution in [3.63, 3.8) is 0 Å².